The van der Waals surface area contributed by atoms with E-state index < -0.39 is 78.3 Å². The first kappa shape index (κ1) is 54.0. The Kier molecular flexibility index (Phi) is 21.6. The molecule has 0 aliphatic rings. The number of nitrogens with one attached hydrogen (secondary N) is 2. The zero-order valence-corrected chi connectivity index (χ0v) is 32.1. The molecule has 3 aromatic rings. The van der Waals surface area contributed by atoms with E-state index in [1.54, 1.807) is 0 Å². The summed E-state index contributed by atoms with van der Waals surface area (Å²) >= 11 is 4.48. The number of nitrogen functional groups attached to an aromatic ring is 1. The molecular formula is C31H30ClF6N9O15. The third kappa shape index (κ3) is 20.6. The highest BCUT2D eigenvalue weighted by Crippen LogP contribution is 2.21. The molecule has 0 atom stereocenters. The molecule has 62 heavy (non-hydrogen) atoms. The van der Waals surface area contributed by atoms with Crippen molar-refractivity contribution in [3.63, 3.8) is 0 Å². The van der Waals surface area contributed by atoms with Gasteiger partial charge in [0, 0.05) is 0 Å². The number of pyridine rings is 3. The van der Waals surface area contributed by atoms with Gasteiger partial charge in [0.15, 0.2) is 13.2 Å². The van der Waals surface area contributed by atoms with E-state index in [0.29, 0.717) is 5.69 Å². The van der Waals surface area contributed by atoms with Crippen molar-refractivity contribution in [2.24, 2.45) is 17.2 Å². The standard InChI is InChI=1S/C11H10F3N3O5.C9H9N3O5.C7H9N3O2.C4H2ClF3O3/c1-21-9-6(7(15)18)2-5(3-16-9)17-8(19)10(20)22-4-11(12,13)14;1-17-8-5(6(10)13)2-4(3-11-8)12-7(14)9(15)16;1-12-7-5(6(9)11)2-4(8)3-10-7;5-2(9)3(10)11-1-4(6,7)8/h2-3H,4H2,1H3,(H2,15,18)(H,17,19);2-3H,1H3,(H2,10,13)(H,12,14)(H,15,16);2-3H,8H2,1H3,(H2,9,11);1H2. The largest absolute Gasteiger partial charge is 0.480 e. The van der Waals surface area contributed by atoms with Gasteiger partial charge in [-0.15, -0.1) is 0 Å². The number of halogens is 7. The lowest BCUT2D eigenvalue weighted by Gasteiger charge is -2.09. The summed E-state index contributed by atoms with van der Waals surface area (Å²) in [6.45, 7) is -3.70. The van der Waals surface area contributed by atoms with Gasteiger partial charge in [-0.1, -0.05) is 0 Å². The van der Waals surface area contributed by atoms with Crippen LogP contribution in [-0.4, -0.2) is 120 Å². The molecule has 0 aliphatic heterocycles. The van der Waals surface area contributed by atoms with Crippen LogP contribution < -0.4 is 47.8 Å². The maximum atomic E-state index is 11.8. The van der Waals surface area contributed by atoms with Gasteiger partial charge in [0.05, 0.1) is 57.0 Å². The quantitative estimate of drug-likeness (QED) is 0.0579. The van der Waals surface area contributed by atoms with Crippen LogP contribution in [0.3, 0.4) is 0 Å². The number of anilines is 3. The molecule has 0 unspecified atom stereocenters. The summed E-state index contributed by atoms with van der Waals surface area (Å²) in [7, 11) is 3.93. The summed E-state index contributed by atoms with van der Waals surface area (Å²) in [5, 5.41) is 10.7. The fraction of sp³-hybridized carbons (Fsp3) is 0.226. The highest BCUT2D eigenvalue weighted by Gasteiger charge is 2.32. The minimum absolute atomic E-state index is 0.00850. The zero-order valence-electron chi connectivity index (χ0n) is 31.3. The number of hydrogen-bond acceptors (Lipinski definition) is 18. The highest BCUT2D eigenvalue weighted by atomic mass is 35.5. The number of aromatic nitrogens is 3. The van der Waals surface area contributed by atoms with Crippen molar-refractivity contribution in [3.05, 3.63) is 53.5 Å². The van der Waals surface area contributed by atoms with Crippen LogP contribution in [0.5, 0.6) is 17.6 Å². The van der Waals surface area contributed by atoms with Crippen LogP contribution in [0.15, 0.2) is 36.8 Å². The molecule has 31 heteroatoms. The van der Waals surface area contributed by atoms with Crippen LogP contribution >= 0.6 is 11.6 Å². The zero-order chi connectivity index (χ0) is 48.1. The highest BCUT2D eigenvalue weighted by molar-refractivity contribution is 6.80. The normalized spacial score (nSPS) is 10.2. The van der Waals surface area contributed by atoms with Crippen molar-refractivity contribution in [2.75, 3.05) is 50.9 Å². The van der Waals surface area contributed by atoms with Gasteiger partial charge in [-0.05, 0) is 29.8 Å². The second-order valence-corrected chi connectivity index (χ2v) is 10.7. The second-order valence-electron chi connectivity index (χ2n) is 10.3. The first-order valence-electron chi connectivity index (χ1n) is 15.4. The van der Waals surface area contributed by atoms with E-state index in [-0.39, 0.29) is 45.7 Å². The molecule has 5 amide bonds. The number of amides is 5. The number of ether oxygens (including phenoxy) is 5. The summed E-state index contributed by atoms with van der Waals surface area (Å²) in [4.78, 5) is 107. The van der Waals surface area contributed by atoms with Gasteiger partial charge in [0.25, 0.3) is 17.7 Å². The fourth-order valence-electron chi connectivity index (χ4n) is 3.31. The summed E-state index contributed by atoms with van der Waals surface area (Å²) < 4.78 is 90.8. The van der Waals surface area contributed by atoms with Crippen molar-refractivity contribution in [3.8, 4) is 17.6 Å². The molecule has 24 nitrogen and oxygen atoms in total. The Hall–Kier alpha value is -8.05. The van der Waals surface area contributed by atoms with Crippen LogP contribution in [0, 0.1) is 0 Å². The SMILES string of the molecule is COc1ncc(N)cc1C(N)=O.COc1ncc(NC(=O)C(=O)O)cc1C(N)=O.COc1ncc(NC(=O)C(=O)OCC(F)(F)F)cc1C(N)=O.O=C(Cl)C(=O)OCC(F)(F)F. The first-order chi connectivity index (χ1) is 28.6. The molecule has 0 fully saturated rings. The Bertz CT molecular complexity index is 2160. The minimum atomic E-state index is -4.75. The Balaban J connectivity index is 0.000000832. The molecule has 0 radical (unpaired) electrons. The molecule has 3 rings (SSSR count). The number of carboxylic acid groups (broad SMARTS) is 1. The lowest BCUT2D eigenvalue weighted by atomic mass is 10.2. The van der Waals surface area contributed by atoms with Gasteiger partial charge >= 0.3 is 47.3 Å². The molecule has 0 aromatic carbocycles. The lowest BCUT2D eigenvalue weighted by molar-refractivity contribution is -0.186. The van der Waals surface area contributed by atoms with E-state index in [9.17, 15) is 69.5 Å². The predicted octanol–water partition coefficient (Wildman–Crippen LogP) is 0.0739. The molecule has 0 spiro atoms. The van der Waals surface area contributed by atoms with Gasteiger partial charge in [-0.2, -0.15) is 26.3 Å². The number of rotatable bonds is 11. The summed E-state index contributed by atoms with van der Waals surface area (Å²) in [6, 6.07) is 3.65. The predicted molar refractivity (Wildman–Crippen MR) is 192 cm³/mol. The minimum Gasteiger partial charge on any atom is -0.480 e. The summed E-state index contributed by atoms with van der Waals surface area (Å²) in [6.07, 6.45) is -5.84. The number of esters is 2. The van der Waals surface area contributed by atoms with Gasteiger partial charge in [0.2, 0.25) is 17.6 Å². The number of alkyl halides is 6. The molecule has 3 heterocycles. The van der Waals surface area contributed by atoms with Crippen LogP contribution in [0.25, 0.3) is 0 Å². The van der Waals surface area contributed by atoms with Gasteiger partial charge in [-0.25, -0.2) is 29.3 Å². The second kappa shape index (κ2) is 24.8. The number of carbonyl (C=O) groups excluding carboxylic acids is 8. The van der Waals surface area contributed by atoms with Crippen LogP contribution in [0.4, 0.5) is 43.4 Å². The van der Waals surface area contributed by atoms with Crippen molar-refractivity contribution >= 4 is 81.3 Å². The monoisotopic (exact) mass is 917 g/mol. The van der Waals surface area contributed by atoms with Crippen LogP contribution in [-0.2, 0) is 38.2 Å². The van der Waals surface area contributed by atoms with Crippen molar-refractivity contribution in [2.45, 2.75) is 12.4 Å². The van der Waals surface area contributed by atoms with E-state index in [2.05, 4.69) is 36.0 Å². The first-order valence-corrected chi connectivity index (χ1v) is 15.7. The van der Waals surface area contributed by atoms with Crippen molar-refractivity contribution in [1.29, 1.82) is 0 Å². The number of carboxylic acids is 1. The fourth-order valence-corrected chi connectivity index (χ4v) is 3.37. The van der Waals surface area contributed by atoms with E-state index in [1.165, 1.54) is 39.7 Å². The summed E-state index contributed by atoms with van der Waals surface area (Å²) in [5.74, 6) is -10.1. The van der Waals surface area contributed by atoms with Gasteiger partial charge < -0.3 is 62.4 Å². The molecule has 0 saturated heterocycles. The van der Waals surface area contributed by atoms with Gasteiger partial charge in [0.1, 0.15) is 16.7 Å². The number of nitrogens with zero attached hydrogens (tertiary/aromatic N) is 3. The molecule has 0 bridgehead atoms. The van der Waals surface area contributed by atoms with Crippen molar-refractivity contribution in [1.82, 2.24) is 15.0 Å². The number of aliphatic carboxylic acids is 1. The van der Waals surface area contributed by atoms with E-state index in [1.807, 2.05) is 10.6 Å². The van der Waals surface area contributed by atoms with Crippen LogP contribution in [0.1, 0.15) is 31.1 Å². The molecule has 0 aliphatic carbocycles. The number of primary amides is 3. The molecule has 0 saturated carbocycles. The van der Waals surface area contributed by atoms with Gasteiger partial charge in [-0.3, -0.25) is 28.8 Å². The van der Waals surface area contributed by atoms with E-state index in [4.69, 9.17) is 42.3 Å². The van der Waals surface area contributed by atoms with E-state index >= 15 is 0 Å². The maximum absolute atomic E-state index is 11.8. The Morgan fingerprint density at radius 2 is 0.952 bits per heavy atom. The summed E-state index contributed by atoms with van der Waals surface area (Å²) in [5.41, 5.74) is 20.8. The Morgan fingerprint density at radius 1 is 0.613 bits per heavy atom. The molecular weight excluding hydrogens is 888 g/mol. The van der Waals surface area contributed by atoms with Crippen LogP contribution in [0.2, 0.25) is 0 Å². The average Bonchev–Trinajstić information content (AvgIpc) is 3.18. The topological polar surface area (TPSA) is 387 Å². The number of hydrogen-bond donors (Lipinski definition) is 7. The molecule has 338 valence electrons. The number of carbonyl (C=O) groups is 9. The molecule has 3 aromatic heterocycles. The Morgan fingerprint density at radius 3 is 1.27 bits per heavy atom. The average molecular weight is 918 g/mol. The third-order valence-corrected chi connectivity index (χ3v) is 5.90. The third-order valence-electron chi connectivity index (χ3n) is 5.74. The Labute approximate surface area is 346 Å². The van der Waals surface area contributed by atoms with Crippen molar-refractivity contribution < 1.29 is 98.3 Å². The maximum Gasteiger partial charge on any atom is 0.422 e. The smallest absolute Gasteiger partial charge is 0.422 e. The van der Waals surface area contributed by atoms with E-state index in [0.717, 1.165) is 18.5 Å². The lowest BCUT2D eigenvalue weighted by Crippen LogP contribution is -2.29. The number of nitrogens with two attached hydrogens (primary N) is 4. The molecule has 11 N–H and O–H groups in total. The number of methoxy groups -OCH3 is 3.